The second kappa shape index (κ2) is 13.0. The number of carbonyl (C=O) groups is 1. The molecule has 4 heterocycles. The van der Waals surface area contributed by atoms with Crippen LogP contribution in [0.2, 0.25) is 0 Å². The van der Waals surface area contributed by atoms with Crippen LogP contribution in [0.3, 0.4) is 0 Å². The van der Waals surface area contributed by atoms with Crippen LogP contribution in [0.5, 0.6) is 5.75 Å². The van der Waals surface area contributed by atoms with Crippen LogP contribution in [-0.4, -0.2) is 63.0 Å². The number of nitrogens with one attached hydrogen (secondary N) is 1. The van der Waals surface area contributed by atoms with Crippen molar-refractivity contribution in [1.82, 2.24) is 9.58 Å². The number of hydrogen-bond donors (Lipinski definition) is 1. The van der Waals surface area contributed by atoms with Gasteiger partial charge in [0.25, 0.3) is 5.91 Å². The summed E-state index contributed by atoms with van der Waals surface area (Å²) in [4.78, 5) is 26.6. The van der Waals surface area contributed by atoms with E-state index in [0.29, 0.717) is 43.7 Å². The van der Waals surface area contributed by atoms with E-state index in [2.05, 4.69) is 24.5 Å². The van der Waals surface area contributed by atoms with Crippen molar-refractivity contribution >= 4 is 25.3 Å². The number of fused-ring (bicyclic) bond motifs is 4. The number of amides is 1. The van der Waals surface area contributed by atoms with Crippen LogP contribution in [0.15, 0.2) is 53.5 Å². The average molecular weight is 617 g/mol. The summed E-state index contributed by atoms with van der Waals surface area (Å²) in [5.41, 5.74) is 5.96. The molecule has 1 amide bonds. The number of morpholine rings is 1. The summed E-state index contributed by atoms with van der Waals surface area (Å²) in [5.74, 6) is -1.42. The standard InChI is InChI=1S/C16H23N3O4.C14H10F2Se/c1-2-3-4-5-9-23-15-12(20)6-7-19-14(15)16(21)18-8-10-22-11-13(18)17-19;15-12-6-5-9-7-10-3-1-2-4-13(10)17-8-11(9)14(12)16/h6-7,13,17H,2-5,8-11H2,1H3;1-6H,7-8H2. The summed E-state index contributed by atoms with van der Waals surface area (Å²) in [6.07, 6.45) is 6.31. The Labute approximate surface area is 238 Å². The molecule has 1 N–H and O–H groups in total. The fraction of sp³-hybridized carbons (Fsp3) is 0.400. The first-order valence-corrected chi connectivity index (χ1v) is 15.7. The van der Waals surface area contributed by atoms with Gasteiger partial charge >= 0.3 is 105 Å². The molecule has 6 rings (SSSR count). The van der Waals surface area contributed by atoms with E-state index in [1.54, 1.807) is 21.8 Å². The molecule has 0 spiro atoms. The van der Waals surface area contributed by atoms with Gasteiger partial charge in [-0.2, -0.15) is 0 Å². The fourth-order valence-corrected chi connectivity index (χ4v) is 7.35. The van der Waals surface area contributed by atoms with Gasteiger partial charge in [0.05, 0.1) is 19.8 Å². The van der Waals surface area contributed by atoms with Crippen LogP contribution in [0.1, 0.15) is 59.8 Å². The molecular weight excluding hydrogens is 583 g/mol. The SMILES string of the molecule is CCCCCCOc1c2n(ccc1=O)NC1COCCN1C2=O.Fc1ccc2c(c1F)C[Se]c1ccccc1C2. The van der Waals surface area contributed by atoms with Gasteiger partial charge < -0.3 is 19.8 Å². The molecule has 2 aromatic carbocycles. The zero-order valence-electron chi connectivity index (χ0n) is 22.5. The third kappa shape index (κ3) is 6.09. The van der Waals surface area contributed by atoms with E-state index in [9.17, 15) is 18.4 Å². The molecule has 1 aromatic heterocycles. The summed E-state index contributed by atoms with van der Waals surface area (Å²) in [6, 6.07) is 12.5. The molecule has 0 bridgehead atoms. The Kier molecular flexibility index (Phi) is 9.19. The van der Waals surface area contributed by atoms with Crippen LogP contribution in [0.4, 0.5) is 8.78 Å². The number of unbranched alkanes of at least 4 members (excludes halogenated alkanes) is 3. The Morgan fingerprint density at radius 1 is 1.07 bits per heavy atom. The van der Waals surface area contributed by atoms with Crippen molar-refractivity contribution < 1.29 is 23.0 Å². The van der Waals surface area contributed by atoms with Crippen LogP contribution < -0.4 is 20.1 Å². The summed E-state index contributed by atoms with van der Waals surface area (Å²) >= 11 is 0.191. The summed E-state index contributed by atoms with van der Waals surface area (Å²) in [6.45, 7) is 4.05. The van der Waals surface area contributed by atoms with Crippen LogP contribution in [-0.2, 0) is 16.5 Å². The number of pyridine rings is 1. The average Bonchev–Trinajstić information content (AvgIpc) is 3.16. The minimum absolute atomic E-state index is 0.145. The summed E-state index contributed by atoms with van der Waals surface area (Å²) in [7, 11) is 0. The van der Waals surface area contributed by atoms with Crippen molar-refractivity contribution in [3.63, 3.8) is 0 Å². The second-order valence-electron chi connectivity index (χ2n) is 9.93. The van der Waals surface area contributed by atoms with Crippen molar-refractivity contribution in [3.05, 3.63) is 92.9 Å². The number of ether oxygens (including phenoxy) is 2. The Balaban J connectivity index is 0.000000168. The van der Waals surface area contributed by atoms with Crippen molar-refractivity contribution in [2.24, 2.45) is 0 Å². The number of halogens is 2. The Hall–Kier alpha value is -3.20. The fourth-order valence-electron chi connectivity index (χ4n) is 5.02. The summed E-state index contributed by atoms with van der Waals surface area (Å²) < 4.78 is 40.9. The zero-order valence-corrected chi connectivity index (χ0v) is 24.2. The van der Waals surface area contributed by atoms with Gasteiger partial charge in [0.2, 0.25) is 5.43 Å². The Bertz CT molecular complexity index is 1430. The van der Waals surface area contributed by atoms with Gasteiger partial charge in [0, 0.05) is 18.8 Å². The maximum atomic E-state index is 13.7. The molecule has 0 aliphatic carbocycles. The van der Waals surface area contributed by atoms with E-state index < -0.39 is 11.6 Å². The van der Waals surface area contributed by atoms with Crippen LogP contribution >= 0.6 is 0 Å². The number of carbonyl (C=O) groups excluding carboxylic acids is 1. The molecule has 10 heteroatoms. The van der Waals surface area contributed by atoms with Crippen LogP contribution in [0, 0.1) is 11.6 Å². The van der Waals surface area contributed by atoms with E-state index >= 15 is 0 Å². The number of aromatic nitrogens is 1. The van der Waals surface area contributed by atoms with E-state index in [-0.39, 0.29) is 43.9 Å². The minimum atomic E-state index is -0.731. The number of benzene rings is 2. The third-order valence-corrected chi connectivity index (χ3v) is 9.59. The molecule has 0 radical (unpaired) electrons. The third-order valence-electron chi connectivity index (χ3n) is 7.20. The molecule has 3 aliphatic rings. The molecule has 1 saturated heterocycles. The first-order chi connectivity index (χ1) is 19.5. The molecular formula is C30H33F2N3O4Se. The molecule has 1 unspecified atom stereocenters. The molecule has 40 heavy (non-hydrogen) atoms. The van der Waals surface area contributed by atoms with E-state index in [0.717, 1.165) is 31.2 Å². The molecule has 0 saturated carbocycles. The van der Waals surface area contributed by atoms with Crippen molar-refractivity contribution in [1.29, 1.82) is 0 Å². The molecule has 7 nitrogen and oxygen atoms in total. The predicted molar refractivity (Wildman–Crippen MR) is 150 cm³/mol. The number of rotatable bonds is 6. The van der Waals surface area contributed by atoms with Crippen molar-refractivity contribution in [2.45, 2.75) is 50.5 Å². The molecule has 3 aliphatic heterocycles. The van der Waals surface area contributed by atoms with Crippen LogP contribution in [0.25, 0.3) is 0 Å². The van der Waals surface area contributed by atoms with E-state index in [1.165, 1.54) is 22.2 Å². The summed E-state index contributed by atoms with van der Waals surface area (Å²) in [5, 5.41) is 0.642. The quantitative estimate of drug-likeness (QED) is 0.339. The second-order valence-corrected chi connectivity index (χ2v) is 12.1. The normalized spacial score (nSPS) is 17.2. The van der Waals surface area contributed by atoms with Gasteiger partial charge in [-0.25, -0.2) is 0 Å². The van der Waals surface area contributed by atoms with Gasteiger partial charge in [-0.3, -0.25) is 14.3 Å². The maximum absolute atomic E-state index is 13.7. The molecule has 1 atom stereocenters. The topological polar surface area (TPSA) is 72.8 Å². The molecule has 1 fully saturated rings. The first kappa shape index (κ1) is 28.3. The Morgan fingerprint density at radius 3 is 2.77 bits per heavy atom. The monoisotopic (exact) mass is 617 g/mol. The van der Waals surface area contributed by atoms with Gasteiger partial charge in [0.15, 0.2) is 11.4 Å². The zero-order chi connectivity index (χ0) is 28.1. The van der Waals surface area contributed by atoms with Gasteiger partial charge in [-0.15, -0.1) is 0 Å². The van der Waals surface area contributed by atoms with E-state index in [1.807, 2.05) is 12.1 Å². The van der Waals surface area contributed by atoms with Crippen molar-refractivity contribution in [3.8, 4) is 5.75 Å². The number of hydrogen-bond acceptors (Lipinski definition) is 5. The molecule has 212 valence electrons. The number of nitrogens with zero attached hydrogens (tertiary/aromatic N) is 2. The predicted octanol–water partition coefficient (Wildman–Crippen LogP) is 3.56. The Morgan fingerprint density at radius 2 is 1.93 bits per heavy atom. The van der Waals surface area contributed by atoms with Gasteiger partial charge in [-0.05, 0) is 6.42 Å². The van der Waals surface area contributed by atoms with Gasteiger partial charge in [0.1, 0.15) is 6.17 Å². The first-order valence-electron chi connectivity index (χ1n) is 13.7. The van der Waals surface area contributed by atoms with Gasteiger partial charge in [-0.1, -0.05) is 26.2 Å². The van der Waals surface area contributed by atoms with Crippen molar-refractivity contribution in [2.75, 3.05) is 31.8 Å². The molecule has 3 aromatic rings. The van der Waals surface area contributed by atoms with E-state index in [4.69, 9.17) is 9.47 Å².